The molecule has 1 saturated heterocycles. The standard InChI is InChI=1S/C13H23NO2/c1-5-16-13(15)11(4)8-14-7-6-12(9-14)10(2)3/h10,12H,4-9H2,1-3H3. The van der Waals surface area contributed by atoms with Gasteiger partial charge in [-0.05, 0) is 31.7 Å². The zero-order valence-corrected chi connectivity index (χ0v) is 10.7. The van der Waals surface area contributed by atoms with Crippen molar-refractivity contribution in [2.24, 2.45) is 11.8 Å². The molecule has 1 fully saturated rings. The summed E-state index contributed by atoms with van der Waals surface area (Å²) in [5, 5.41) is 0. The van der Waals surface area contributed by atoms with Crippen molar-refractivity contribution in [1.29, 1.82) is 0 Å². The quantitative estimate of drug-likeness (QED) is 0.530. The molecule has 0 amide bonds. The highest BCUT2D eigenvalue weighted by molar-refractivity contribution is 5.88. The van der Waals surface area contributed by atoms with Crippen LogP contribution in [0.2, 0.25) is 0 Å². The Bertz CT molecular complexity index is 261. The topological polar surface area (TPSA) is 29.5 Å². The Morgan fingerprint density at radius 1 is 1.56 bits per heavy atom. The van der Waals surface area contributed by atoms with Gasteiger partial charge >= 0.3 is 5.97 Å². The van der Waals surface area contributed by atoms with Gasteiger partial charge in [0.05, 0.1) is 6.61 Å². The minimum absolute atomic E-state index is 0.254. The molecule has 3 heteroatoms. The summed E-state index contributed by atoms with van der Waals surface area (Å²) in [6.45, 7) is 13.4. The van der Waals surface area contributed by atoms with Crippen LogP contribution < -0.4 is 0 Å². The summed E-state index contributed by atoms with van der Waals surface area (Å²) in [6, 6.07) is 0. The molecule has 1 rings (SSSR count). The Hall–Kier alpha value is -0.830. The highest BCUT2D eigenvalue weighted by Crippen LogP contribution is 2.23. The van der Waals surface area contributed by atoms with E-state index in [1.807, 2.05) is 6.92 Å². The van der Waals surface area contributed by atoms with Gasteiger partial charge in [0.25, 0.3) is 0 Å². The SMILES string of the molecule is C=C(CN1CCC(C(C)C)C1)C(=O)OCC. The second-order valence-corrected chi connectivity index (χ2v) is 4.85. The lowest BCUT2D eigenvalue weighted by atomic mass is 9.95. The Morgan fingerprint density at radius 2 is 2.25 bits per heavy atom. The Morgan fingerprint density at radius 3 is 2.75 bits per heavy atom. The first-order valence-corrected chi connectivity index (χ1v) is 6.11. The summed E-state index contributed by atoms with van der Waals surface area (Å²) in [5.41, 5.74) is 0.575. The van der Waals surface area contributed by atoms with Crippen LogP contribution in [0.25, 0.3) is 0 Å². The van der Waals surface area contributed by atoms with Gasteiger partial charge in [0.2, 0.25) is 0 Å². The van der Waals surface area contributed by atoms with E-state index in [1.165, 1.54) is 6.42 Å². The van der Waals surface area contributed by atoms with Crippen molar-refractivity contribution in [3.05, 3.63) is 12.2 Å². The van der Waals surface area contributed by atoms with Gasteiger partial charge in [0.1, 0.15) is 0 Å². The van der Waals surface area contributed by atoms with Crippen molar-refractivity contribution in [2.45, 2.75) is 27.2 Å². The number of likely N-dealkylation sites (tertiary alicyclic amines) is 1. The maximum absolute atomic E-state index is 11.4. The average molecular weight is 225 g/mol. The minimum Gasteiger partial charge on any atom is -0.463 e. The second-order valence-electron chi connectivity index (χ2n) is 4.85. The van der Waals surface area contributed by atoms with Crippen molar-refractivity contribution >= 4 is 5.97 Å². The van der Waals surface area contributed by atoms with Crippen LogP contribution in [0.4, 0.5) is 0 Å². The number of hydrogen-bond acceptors (Lipinski definition) is 3. The predicted molar refractivity (Wildman–Crippen MR) is 65.2 cm³/mol. The molecule has 1 atom stereocenters. The van der Waals surface area contributed by atoms with Crippen LogP contribution in [0.15, 0.2) is 12.2 Å². The van der Waals surface area contributed by atoms with Crippen LogP contribution in [0.3, 0.4) is 0 Å². The van der Waals surface area contributed by atoms with E-state index in [0.717, 1.165) is 24.9 Å². The van der Waals surface area contributed by atoms with E-state index < -0.39 is 0 Å². The largest absolute Gasteiger partial charge is 0.463 e. The zero-order chi connectivity index (χ0) is 12.1. The van der Waals surface area contributed by atoms with Crippen LogP contribution in [-0.2, 0) is 9.53 Å². The molecular weight excluding hydrogens is 202 g/mol. The lowest BCUT2D eigenvalue weighted by Gasteiger charge is -2.18. The minimum atomic E-state index is -0.254. The number of nitrogens with zero attached hydrogens (tertiary/aromatic N) is 1. The molecule has 0 aromatic rings. The van der Waals surface area contributed by atoms with E-state index in [2.05, 4.69) is 25.3 Å². The summed E-state index contributed by atoms with van der Waals surface area (Å²) in [6.07, 6.45) is 1.23. The van der Waals surface area contributed by atoms with Crippen LogP contribution in [0.1, 0.15) is 27.2 Å². The van der Waals surface area contributed by atoms with Crippen molar-refractivity contribution in [1.82, 2.24) is 4.90 Å². The van der Waals surface area contributed by atoms with Crippen LogP contribution >= 0.6 is 0 Å². The zero-order valence-electron chi connectivity index (χ0n) is 10.7. The van der Waals surface area contributed by atoms with Crippen molar-refractivity contribution in [2.75, 3.05) is 26.2 Å². The van der Waals surface area contributed by atoms with Gasteiger partial charge in [-0.1, -0.05) is 20.4 Å². The van der Waals surface area contributed by atoms with E-state index in [1.54, 1.807) is 0 Å². The van der Waals surface area contributed by atoms with E-state index in [9.17, 15) is 4.79 Å². The highest BCUT2D eigenvalue weighted by Gasteiger charge is 2.25. The monoisotopic (exact) mass is 225 g/mol. The number of ether oxygens (including phenoxy) is 1. The number of rotatable bonds is 5. The molecule has 1 aliphatic heterocycles. The smallest absolute Gasteiger partial charge is 0.334 e. The fourth-order valence-corrected chi connectivity index (χ4v) is 2.12. The Kier molecular flexibility index (Phi) is 5.00. The number of carbonyl (C=O) groups excluding carboxylic acids is 1. The summed E-state index contributed by atoms with van der Waals surface area (Å²) >= 11 is 0. The van der Waals surface area contributed by atoms with Crippen molar-refractivity contribution in [3.63, 3.8) is 0 Å². The van der Waals surface area contributed by atoms with Gasteiger partial charge in [0, 0.05) is 18.7 Å². The normalized spacial score (nSPS) is 21.4. The predicted octanol–water partition coefficient (Wildman–Crippen LogP) is 2.08. The van der Waals surface area contributed by atoms with Gasteiger partial charge in [-0.3, -0.25) is 4.90 Å². The van der Waals surface area contributed by atoms with Crippen molar-refractivity contribution in [3.8, 4) is 0 Å². The molecule has 1 heterocycles. The van der Waals surface area contributed by atoms with E-state index in [0.29, 0.717) is 18.7 Å². The summed E-state index contributed by atoms with van der Waals surface area (Å²) in [7, 11) is 0. The first kappa shape index (κ1) is 13.2. The first-order chi connectivity index (χ1) is 7.54. The lowest BCUT2D eigenvalue weighted by Crippen LogP contribution is -2.27. The van der Waals surface area contributed by atoms with Gasteiger partial charge in [-0.25, -0.2) is 4.79 Å². The third kappa shape index (κ3) is 3.63. The first-order valence-electron chi connectivity index (χ1n) is 6.11. The molecule has 0 aromatic heterocycles. The molecule has 1 aliphatic rings. The van der Waals surface area contributed by atoms with Crippen LogP contribution in [0, 0.1) is 11.8 Å². The molecule has 0 aromatic carbocycles. The fourth-order valence-electron chi connectivity index (χ4n) is 2.12. The molecule has 3 nitrogen and oxygen atoms in total. The van der Waals surface area contributed by atoms with Crippen molar-refractivity contribution < 1.29 is 9.53 Å². The molecule has 0 radical (unpaired) electrons. The van der Waals surface area contributed by atoms with Crippen LogP contribution in [-0.4, -0.2) is 37.1 Å². The molecular formula is C13H23NO2. The molecule has 0 N–H and O–H groups in total. The number of esters is 1. The molecule has 0 saturated carbocycles. The van der Waals surface area contributed by atoms with Gasteiger partial charge in [-0.2, -0.15) is 0 Å². The fraction of sp³-hybridized carbons (Fsp3) is 0.769. The maximum Gasteiger partial charge on any atom is 0.334 e. The summed E-state index contributed by atoms with van der Waals surface area (Å²) in [4.78, 5) is 13.7. The molecule has 92 valence electrons. The Balaban J connectivity index is 2.34. The third-order valence-electron chi connectivity index (χ3n) is 3.23. The molecule has 16 heavy (non-hydrogen) atoms. The number of hydrogen-bond donors (Lipinski definition) is 0. The molecule has 0 aliphatic carbocycles. The molecule has 0 spiro atoms. The average Bonchev–Trinajstić information content (AvgIpc) is 2.66. The van der Waals surface area contributed by atoms with Crippen LogP contribution in [0.5, 0.6) is 0 Å². The maximum atomic E-state index is 11.4. The van der Waals surface area contributed by atoms with Gasteiger partial charge in [-0.15, -0.1) is 0 Å². The number of carbonyl (C=O) groups is 1. The van der Waals surface area contributed by atoms with E-state index in [-0.39, 0.29) is 5.97 Å². The Labute approximate surface area is 98.5 Å². The third-order valence-corrected chi connectivity index (χ3v) is 3.23. The summed E-state index contributed by atoms with van der Waals surface area (Å²) < 4.78 is 4.92. The molecule has 0 bridgehead atoms. The van der Waals surface area contributed by atoms with Gasteiger partial charge in [0.15, 0.2) is 0 Å². The van der Waals surface area contributed by atoms with E-state index >= 15 is 0 Å². The van der Waals surface area contributed by atoms with Gasteiger partial charge < -0.3 is 4.74 Å². The highest BCUT2D eigenvalue weighted by atomic mass is 16.5. The molecule has 1 unspecified atom stereocenters. The van der Waals surface area contributed by atoms with E-state index in [4.69, 9.17) is 4.74 Å². The summed E-state index contributed by atoms with van der Waals surface area (Å²) in [5.74, 6) is 1.23. The lowest BCUT2D eigenvalue weighted by molar-refractivity contribution is -0.138. The second kappa shape index (κ2) is 6.04.